The molecule has 1 amide bonds. The van der Waals surface area contributed by atoms with Gasteiger partial charge < -0.3 is 5.32 Å². The van der Waals surface area contributed by atoms with Crippen LogP contribution in [0, 0.1) is 0 Å². The molecule has 0 unspecified atom stereocenters. The van der Waals surface area contributed by atoms with Gasteiger partial charge in [-0.15, -0.1) is 0 Å². The van der Waals surface area contributed by atoms with Gasteiger partial charge in [0.05, 0.1) is 4.90 Å². The number of hydrogen-bond donors (Lipinski definition) is 2. The molecule has 0 bridgehead atoms. The highest BCUT2D eigenvalue weighted by atomic mass is 32.2. The number of benzene rings is 3. The first kappa shape index (κ1) is 24.4. The summed E-state index contributed by atoms with van der Waals surface area (Å²) in [5, 5.41) is 2.97. The van der Waals surface area contributed by atoms with Crippen molar-refractivity contribution in [3.63, 3.8) is 0 Å². The maximum atomic E-state index is 12.6. The van der Waals surface area contributed by atoms with Crippen molar-refractivity contribution in [3.05, 3.63) is 101 Å². The minimum absolute atomic E-state index is 0.0831. The highest BCUT2D eigenvalue weighted by Crippen LogP contribution is 2.22. The average Bonchev–Trinajstić information content (AvgIpc) is 2.82. The van der Waals surface area contributed by atoms with Crippen molar-refractivity contribution in [2.75, 3.05) is 6.54 Å². The highest BCUT2D eigenvalue weighted by molar-refractivity contribution is 7.89. The first-order valence-electron chi connectivity index (χ1n) is 10.6. The second kappa shape index (κ2) is 10.1. The molecule has 0 aliphatic rings. The van der Waals surface area contributed by atoms with Crippen LogP contribution in [0.3, 0.4) is 0 Å². The summed E-state index contributed by atoms with van der Waals surface area (Å²) >= 11 is 0. The topological polar surface area (TPSA) is 92.3 Å². The van der Waals surface area contributed by atoms with Gasteiger partial charge in [-0.3, -0.25) is 9.59 Å². The van der Waals surface area contributed by atoms with E-state index in [9.17, 15) is 18.0 Å². The number of Topliss-reactive ketones (excluding diaryl/α,β-unsaturated/α-hetero) is 1. The third-order valence-corrected chi connectivity index (χ3v) is 6.92. The van der Waals surface area contributed by atoms with Crippen LogP contribution < -0.4 is 10.0 Å². The van der Waals surface area contributed by atoms with Crippen molar-refractivity contribution < 1.29 is 18.0 Å². The third kappa shape index (κ3) is 6.37. The number of carbonyl (C=O) groups is 2. The molecule has 0 atom stereocenters. The molecule has 2 N–H and O–H groups in total. The molecule has 0 radical (unpaired) electrons. The smallest absolute Gasteiger partial charge is 0.251 e. The van der Waals surface area contributed by atoms with Crippen LogP contribution in [0.1, 0.15) is 52.6 Å². The Kier molecular flexibility index (Phi) is 7.46. The van der Waals surface area contributed by atoms with Crippen LogP contribution in [0.2, 0.25) is 0 Å². The number of carbonyl (C=O) groups excluding carboxylic acids is 2. The zero-order valence-electron chi connectivity index (χ0n) is 19.0. The first-order valence-corrected chi connectivity index (χ1v) is 12.1. The summed E-state index contributed by atoms with van der Waals surface area (Å²) < 4.78 is 27.5. The van der Waals surface area contributed by atoms with Crippen LogP contribution in [0.15, 0.2) is 83.8 Å². The van der Waals surface area contributed by atoms with E-state index in [0.29, 0.717) is 17.7 Å². The maximum Gasteiger partial charge on any atom is 0.251 e. The Bertz CT molecular complexity index is 1220. The molecule has 0 fully saturated rings. The fourth-order valence-electron chi connectivity index (χ4n) is 3.30. The van der Waals surface area contributed by atoms with Gasteiger partial charge >= 0.3 is 0 Å². The molecule has 7 heteroatoms. The van der Waals surface area contributed by atoms with Gasteiger partial charge in [0.1, 0.15) is 0 Å². The fraction of sp³-hybridized carbons (Fsp3) is 0.231. The zero-order valence-corrected chi connectivity index (χ0v) is 19.8. The summed E-state index contributed by atoms with van der Waals surface area (Å²) in [5.74, 6) is -0.309. The van der Waals surface area contributed by atoms with Gasteiger partial charge in [0.25, 0.3) is 5.91 Å². The Morgan fingerprint density at radius 1 is 0.818 bits per heavy atom. The lowest BCUT2D eigenvalue weighted by Crippen LogP contribution is -2.36. The summed E-state index contributed by atoms with van der Waals surface area (Å²) in [5.41, 5.74) is 2.61. The van der Waals surface area contributed by atoms with Crippen LogP contribution in [-0.4, -0.2) is 26.7 Å². The summed E-state index contributed by atoms with van der Waals surface area (Å²) in [6, 6.07) is 22.6. The molecule has 0 aliphatic heterocycles. The minimum atomic E-state index is -3.72. The van der Waals surface area contributed by atoms with Crippen LogP contribution in [0.25, 0.3) is 0 Å². The van der Waals surface area contributed by atoms with Crippen LogP contribution >= 0.6 is 0 Å². The van der Waals surface area contributed by atoms with Gasteiger partial charge in [0.15, 0.2) is 5.78 Å². The molecule has 0 spiro atoms. The number of ketones is 1. The Morgan fingerprint density at radius 2 is 1.39 bits per heavy atom. The number of rotatable bonds is 9. The standard InChI is InChI=1S/C26H28N2O4S/c1-19(29)21-13-15-24(16-14-21)33(31,32)28-17-20-9-11-22(12-10-20)25(30)27-18-26(2,3)23-7-5-4-6-8-23/h4-16,28H,17-18H2,1-3H3,(H,27,30). The molecule has 0 aliphatic carbocycles. The number of nitrogens with one attached hydrogen (secondary N) is 2. The molecule has 33 heavy (non-hydrogen) atoms. The quantitative estimate of drug-likeness (QED) is 0.467. The zero-order chi connectivity index (χ0) is 24.1. The van der Waals surface area contributed by atoms with E-state index in [1.165, 1.54) is 31.2 Å². The largest absolute Gasteiger partial charge is 0.351 e. The Balaban J connectivity index is 1.57. The number of amides is 1. The Labute approximate surface area is 195 Å². The van der Waals surface area contributed by atoms with E-state index in [2.05, 4.69) is 23.9 Å². The molecule has 0 saturated heterocycles. The predicted octanol–water partition coefficient (Wildman–Crippen LogP) is 4.08. The van der Waals surface area contributed by atoms with E-state index in [4.69, 9.17) is 0 Å². The van der Waals surface area contributed by atoms with Gasteiger partial charge in [-0.1, -0.05) is 68.4 Å². The molecule has 3 rings (SSSR count). The molecule has 0 saturated carbocycles. The van der Waals surface area contributed by atoms with E-state index >= 15 is 0 Å². The fourth-order valence-corrected chi connectivity index (χ4v) is 4.32. The summed E-state index contributed by atoms with van der Waals surface area (Å²) in [6.45, 7) is 6.15. The molecule has 172 valence electrons. The van der Waals surface area contributed by atoms with E-state index in [-0.39, 0.29) is 28.5 Å². The highest BCUT2D eigenvalue weighted by Gasteiger charge is 2.21. The predicted molar refractivity (Wildman–Crippen MR) is 129 cm³/mol. The number of sulfonamides is 1. The summed E-state index contributed by atoms with van der Waals surface area (Å²) in [6.07, 6.45) is 0. The Hall–Kier alpha value is -3.29. The van der Waals surface area contributed by atoms with Crippen molar-refractivity contribution in [1.29, 1.82) is 0 Å². The summed E-state index contributed by atoms with van der Waals surface area (Å²) in [7, 11) is -3.72. The van der Waals surface area contributed by atoms with Crippen LogP contribution in [0.5, 0.6) is 0 Å². The van der Waals surface area contributed by atoms with Gasteiger partial charge in [-0.2, -0.15) is 0 Å². The van der Waals surface area contributed by atoms with E-state index in [0.717, 1.165) is 11.1 Å². The maximum absolute atomic E-state index is 12.6. The van der Waals surface area contributed by atoms with Crippen molar-refractivity contribution in [2.24, 2.45) is 0 Å². The van der Waals surface area contributed by atoms with Gasteiger partial charge in [-0.05, 0) is 42.3 Å². The molecule has 0 aromatic heterocycles. The van der Waals surface area contributed by atoms with Gasteiger partial charge in [-0.25, -0.2) is 13.1 Å². The van der Waals surface area contributed by atoms with E-state index in [1.54, 1.807) is 24.3 Å². The van der Waals surface area contributed by atoms with Crippen molar-refractivity contribution in [3.8, 4) is 0 Å². The molecular weight excluding hydrogens is 436 g/mol. The van der Waals surface area contributed by atoms with Crippen molar-refractivity contribution in [2.45, 2.75) is 37.6 Å². The van der Waals surface area contributed by atoms with Gasteiger partial charge in [0.2, 0.25) is 10.0 Å². The second-order valence-corrected chi connectivity index (χ2v) is 10.3. The number of hydrogen-bond acceptors (Lipinski definition) is 4. The molecule has 3 aromatic rings. The van der Waals surface area contributed by atoms with Crippen molar-refractivity contribution >= 4 is 21.7 Å². The SMILES string of the molecule is CC(=O)c1ccc(S(=O)(=O)NCc2ccc(C(=O)NCC(C)(C)c3ccccc3)cc2)cc1. The monoisotopic (exact) mass is 464 g/mol. The minimum Gasteiger partial charge on any atom is -0.351 e. The van der Waals surface area contributed by atoms with E-state index in [1.807, 2.05) is 30.3 Å². The molecule has 3 aromatic carbocycles. The van der Waals surface area contributed by atoms with Gasteiger partial charge in [0, 0.05) is 29.6 Å². The lowest BCUT2D eigenvalue weighted by molar-refractivity contribution is 0.0944. The second-order valence-electron chi connectivity index (χ2n) is 8.53. The average molecular weight is 465 g/mol. The third-order valence-electron chi connectivity index (χ3n) is 5.50. The molecule has 0 heterocycles. The lowest BCUT2D eigenvalue weighted by atomic mass is 9.84. The Morgan fingerprint density at radius 3 is 1.97 bits per heavy atom. The van der Waals surface area contributed by atoms with Crippen molar-refractivity contribution in [1.82, 2.24) is 10.0 Å². The summed E-state index contributed by atoms with van der Waals surface area (Å²) in [4.78, 5) is 24.0. The molecular formula is C26H28N2O4S. The molecule has 6 nitrogen and oxygen atoms in total. The van der Waals surface area contributed by atoms with Crippen LogP contribution in [0.4, 0.5) is 0 Å². The van der Waals surface area contributed by atoms with E-state index < -0.39 is 10.0 Å². The normalized spacial score (nSPS) is 11.7. The van der Waals surface area contributed by atoms with Crippen LogP contribution in [-0.2, 0) is 22.0 Å². The lowest BCUT2D eigenvalue weighted by Gasteiger charge is -2.25. The first-order chi connectivity index (χ1) is 15.6.